The fourth-order valence-electron chi connectivity index (χ4n) is 5.66. The van der Waals surface area contributed by atoms with Gasteiger partial charge in [0.1, 0.15) is 11.5 Å². The average molecular weight is 635 g/mol. The third-order valence-corrected chi connectivity index (χ3v) is 13.9. The normalized spacial score (nSPS) is 12.0. The minimum Gasteiger partial charge on any atom is -0.493 e. The Morgan fingerprint density at radius 2 is 0.841 bits per heavy atom. The molecule has 0 aliphatic carbocycles. The first kappa shape index (κ1) is 36.1. The van der Waals surface area contributed by atoms with Gasteiger partial charge in [0.15, 0.2) is 0 Å². The molecule has 3 aromatic rings. The number of hydrogen-bond donors (Lipinski definition) is 0. The summed E-state index contributed by atoms with van der Waals surface area (Å²) in [6.07, 6.45) is 9.38. The maximum Gasteiger partial charge on any atom is 0.218 e. The lowest BCUT2D eigenvalue weighted by Crippen LogP contribution is -2.44. The van der Waals surface area contributed by atoms with Gasteiger partial charge in [0.05, 0.1) is 13.2 Å². The molecule has 0 unspecified atom stereocenters. The fraction of sp³-hybridized carbons (Fsp3) is 0.526. The van der Waals surface area contributed by atoms with Crippen LogP contribution >= 0.6 is 0 Å². The highest BCUT2D eigenvalue weighted by atomic mass is 28.4. The molecular formula is C38H58O4Si2. The molecule has 242 valence electrons. The summed E-state index contributed by atoms with van der Waals surface area (Å²) in [4.78, 5) is 0. The Kier molecular flexibility index (Phi) is 14.7. The van der Waals surface area contributed by atoms with Crippen LogP contribution in [0.15, 0.2) is 60.7 Å². The lowest BCUT2D eigenvalue weighted by Gasteiger charge is -2.23. The van der Waals surface area contributed by atoms with Crippen molar-refractivity contribution in [1.29, 1.82) is 0 Å². The lowest BCUT2D eigenvalue weighted by atomic mass is 9.97. The summed E-state index contributed by atoms with van der Waals surface area (Å²) in [6, 6.07) is 22.3. The monoisotopic (exact) mass is 634 g/mol. The molecule has 0 saturated heterocycles. The van der Waals surface area contributed by atoms with Crippen LogP contribution < -0.4 is 19.8 Å². The third kappa shape index (κ3) is 10.3. The highest BCUT2D eigenvalue weighted by Crippen LogP contribution is 2.41. The van der Waals surface area contributed by atoms with Gasteiger partial charge in [0, 0.05) is 24.3 Å². The van der Waals surface area contributed by atoms with Crippen LogP contribution in [0.5, 0.6) is 11.5 Å². The largest absolute Gasteiger partial charge is 0.493 e. The van der Waals surface area contributed by atoms with Crippen molar-refractivity contribution in [3.8, 4) is 33.8 Å². The molecule has 44 heavy (non-hydrogen) atoms. The van der Waals surface area contributed by atoms with Crippen LogP contribution in [0.2, 0.25) is 26.2 Å². The Hall–Kier alpha value is -2.39. The first-order chi connectivity index (χ1) is 21.2. The van der Waals surface area contributed by atoms with Gasteiger partial charge in [0.2, 0.25) is 16.6 Å². The SMILES string of the molecule is CCCCCCOc1cc(-c2ccc([Si](C)(C)OCC)cc2)c(OCCCCCC)cc1-c1ccc([Si](C)(C)OCC)cc1. The first-order valence-corrected chi connectivity index (χ1v) is 22.9. The fourth-order valence-corrected chi connectivity index (χ4v) is 9.38. The number of rotatable bonds is 20. The summed E-state index contributed by atoms with van der Waals surface area (Å²) in [7, 11) is -3.86. The van der Waals surface area contributed by atoms with E-state index in [-0.39, 0.29) is 0 Å². The predicted molar refractivity (Wildman–Crippen MR) is 194 cm³/mol. The van der Waals surface area contributed by atoms with Crippen molar-refractivity contribution in [1.82, 2.24) is 0 Å². The third-order valence-electron chi connectivity index (χ3n) is 8.39. The van der Waals surface area contributed by atoms with E-state index in [1.54, 1.807) is 0 Å². The summed E-state index contributed by atoms with van der Waals surface area (Å²) in [5, 5.41) is 2.60. The first-order valence-electron chi connectivity index (χ1n) is 17.1. The highest BCUT2D eigenvalue weighted by molar-refractivity contribution is 6.84. The van der Waals surface area contributed by atoms with E-state index in [9.17, 15) is 0 Å². The molecule has 0 fully saturated rings. The predicted octanol–water partition coefficient (Wildman–Crippen LogP) is 9.84. The van der Waals surface area contributed by atoms with E-state index in [0.717, 1.165) is 59.8 Å². The minimum atomic E-state index is -1.93. The smallest absolute Gasteiger partial charge is 0.218 e. The van der Waals surface area contributed by atoms with E-state index in [1.165, 1.54) is 48.9 Å². The maximum absolute atomic E-state index is 6.57. The van der Waals surface area contributed by atoms with Crippen molar-refractivity contribution < 1.29 is 18.3 Å². The molecule has 0 N–H and O–H groups in total. The molecule has 4 nitrogen and oxygen atoms in total. The van der Waals surface area contributed by atoms with Gasteiger partial charge >= 0.3 is 0 Å². The zero-order valence-electron chi connectivity index (χ0n) is 28.9. The second-order valence-corrected chi connectivity index (χ2v) is 20.5. The van der Waals surface area contributed by atoms with Gasteiger partial charge in [0.25, 0.3) is 0 Å². The molecule has 0 saturated carbocycles. The summed E-state index contributed by atoms with van der Waals surface area (Å²) < 4.78 is 25.5. The molecule has 0 amide bonds. The molecule has 0 bridgehead atoms. The number of hydrogen-bond acceptors (Lipinski definition) is 4. The molecule has 0 radical (unpaired) electrons. The molecular weight excluding hydrogens is 577 g/mol. The van der Waals surface area contributed by atoms with Crippen LogP contribution in [0.3, 0.4) is 0 Å². The standard InChI is InChI=1S/C38H58O4Si2/c1-9-13-15-17-27-39-37-29-36(32-21-25-34(26-22-32)44(7,8)42-12-4)38(40-28-18-16-14-10-2)30-35(37)31-19-23-33(24-20-31)43(5,6)41-11-3/h19-26,29-30H,9-18,27-28H2,1-8H3. The van der Waals surface area contributed by atoms with E-state index < -0.39 is 16.6 Å². The molecule has 0 aromatic heterocycles. The number of ether oxygens (including phenoxy) is 2. The van der Waals surface area contributed by atoms with Crippen LogP contribution in [0.25, 0.3) is 22.3 Å². The molecule has 3 aromatic carbocycles. The average Bonchev–Trinajstić information content (AvgIpc) is 3.01. The van der Waals surface area contributed by atoms with Gasteiger partial charge in [-0.25, -0.2) is 0 Å². The molecule has 0 aliphatic heterocycles. The van der Waals surface area contributed by atoms with E-state index >= 15 is 0 Å². The Balaban J connectivity index is 2.06. The van der Waals surface area contributed by atoms with Crippen molar-refractivity contribution in [2.45, 2.75) is 105 Å². The highest BCUT2D eigenvalue weighted by Gasteiger charge is 2.26. The van der Waals surface area contributed by atoms with Crippen molar-refractivity contribution in [2.75, 3.05) is 26.4 Å². The van der Waals surface area contributed by atoms with Crippen LogP contribution in [0.4, 0.5) is 0 Å². The molecule has 0 heterocycles. The van der Waals surface area contributed by atoms with Crippen molar-refractivity contribution >= 4 is 27.0 Å². The summed E-state index contributed by atoms with van der Waals surface area (Å²) in [5.74, 6) is 1.83. The van der Waals surface area contributed by atoms with E-state index in [1.807, 2.05) is 0 Å². The van der Waals surface area contributed by atoms with Gasteiger partial charge in [-0.15, -0.1) is 0 Å². The van der Waals surface area contributed by atoms with Gasteiger partial charge in [-0.2, -0.15) is 0 Å². The second kappa shape index (κ2) is 17.9. The number of benzene rings is 3. The Morgan fingerprint density at radius 1 is 0.477 bits per heavy atom. The molecule has 3 rings (SSSR count). The van der Waals surface area contributed by atoms with E-state index in [2.05, 4.69) is 115 Å². The zero-order chi connectivity index (χ0) is 32.0. The van der Waals surface area contributed by atoms with Gasteiger partial charge in [-0.05, 0) is 86.5 Å². The van der Waals surface area contributed by atoms with Gasteiger partial charge in [-0.3, -0.25) is 0 Å². The van der Waals surface area contributed by atoms with E-state index in [0.29, 0.717) is 13.2 Å². The Bertz CT molecular complexity index is 1150. The van der Waals surface area contributed by atoms with Gasteiger partial charge < -0.3 is 18.3 Å². The van der Waals surface area contributed by atoms with Crippen LogP contribution in [-0.4, -0.2) is 43.1 Å². The molecule has 0 atom stereocenters. The van der Waals surface area contributed by atoms with Gasteiger partial charge in [-0.1, -0.05) is 101 Å². The molecule has 0 spiro atoms. The zero-order valence-corrected chi connectivity index (χ0v) is 30.9. The summed E-state index contributed by atoms with van der Waals surface area (Å²) in [6.45, 7) is 20.6. The molecule has 6 heteroatoms. The van der Waals surface area contributed by atoms with Crippen LogP contribution in [0, 0.1) is 0 Å². The summed E-state index contributed by atoms with van der Waals surface area (Å²) in [5.41, 5.74) is 4.44. The van der Waals surface area contributed by atoms with E-state index in [4.69, 9.17) is 18.3 Å². The quantitative estimate of drug-likeness (QED) is 0.0916. The van der Waals surface area contributed by atoms with Crippen LogP contribution in [0.1, 0.15) is 79.1 Å². The number of unbranched alkanes of at least 4 members (excludes halogenated alkanes) is 6. The van der Waals surface area contributed by atoms with Crippen molar-refractivity contribution in [3.05, 3.63) is 60.7 Å². The lowest BCUT2D eigenvalue weighted by molar-refractivity contribution is 0.299. The topological polar surface area (TPSA) is 36.9 Å². The van der Waals surface area contributed by atoms with Crippen molar-refractivity contribution in [3.63, 3.8) is 0 Å². The minimum absolute atomic E-state index is 0.707. The molecule has 0 aliphatic rings. The van der Waals surface area contributed by atoms with Crippen molar-refractivity contribution in [2.24, 2.45) is 0 Å². The van der Waals surface area contributed by atoms with Crippen LogP contribution in [-0.2, 0) is 8.85 Å². The summed E-state index contributed by atoms with van der Waals surface area (Å²) >= 11 is 0. The Morgan fingerprint density at radius 3 is 1.16 bits per heavy atom. The maximum atomic E-state index is 6.57. The Labute approximate surface area is 270 Å². The second-order valence-electron chi connectivity index (χ2n) is 12.7.